The number of aryl methyl sites for hydroxylation is 1. The van der Waals surface area contributed by atoms with Gasteiger partial charge in [0.05, 0.1) is 11.4 Å². The van der Waals surface area contributed by atoms with Crippen molar-refractivity contribution < 1.29 is 14.3 Å². The van der Waals surface area contributed by atoms with Crippen LogP contribution < -0.4 is 15.0 Å². The lowest BCUT2D eigenvalue weighted by Crippen LogP contribution is -2.48. The highest BCUT2D eigenvalue weighted by Gasteiger charge is 2.22. The highest BCUT2D eigenvalue weighted by molar-refractivity contribution is 6.31. The summed E-state index contributed by atoms with van der Waals surface area (Å²) in [6, 6.07) is 13.0. The van der Waals surface area contributed by atoms with Crippen LogP contribution in [0.3, 0.4) is 0 Å². The van der Waals surface area contributed by atoms with Crippen LogP contribution in [0.5, 0.6) is 5.75 Å². The highest BCUT2D eigenvalue weighted by atomic mass is 35.5. The Morgan fingerprint density at radius 1 is 1.10 bits per heavy atom. The fourth-order valence-corrected chi connectivity index (χ4v) is 3.44. The number of nitrogens with zero attached hydrogens (tertiary/aromatic N) is 2. The van der Waals surface area contributed by atoms with Crippen LogP contribution >= 0.6 is 11.6 Å². The molecule has 0 aromatic heterocycles. The van der Waals surface area contributed by atoms with Crippen LogP contribution in [0.15, 0.2) is 42.5 Å². The zero-order valence-corrected chi connectivity index (χ0v) is 17.5. The molecule has 2 amide bonds. The smallest absolute Gasteiger partial charge is 0.262 e. The summed E-state index contributed by atoms with van der Waals surface area (Å²) in [4.78, 5) is 28.4. The van der Waals surface area contributed by atoms with E-state index in [0.717, 1.165) is 30.0 Å². The van der Waals surface area contributed by atoms with Crippen LogP contribution in [0, 0.1) is 6.92 Å². The Bertz CT molecular complexity index is 879. The number of amides is 2. The first-order valence-corrected chi connectivity index (χ1v) is 10.2. The minimum absolute atomic E-state index is 0.0891. The second-order valence-corrected chi connectivity index (χ2v) is 7.39. The van der Waals surface area contributed by atoms with E-state index in [1.165, 1.54) is 0 Å². The van der Waals surface area contributed by atoms with Crippen molar-refractivity contribution in [1.82, 2.24) is 4.90 Å². The summed E-state index contributed by atoms with van der Waals surface area (Å²) in [5.74, 6) is 0.553. The zero-order valence-electron chi connectivity index (χ0n) is 16.8. The third-order valence-corrected chi connectivity index (χ3v) is 5.38. The molecule has 0 saturated carbocycles. The van der Waals surface area contributed by atoms with Crippen molar-refractivity contribution in [3.63, 3.8) is 0 Å². The molecule has 29 heavy (non-hydrogen) atoms. The Morgan fingerprint density at radius 3 is 2.52 bits per heavy atom. The second kappa shape index (κ2) is 9.65. The molecule has 0 spiro atoms. The molecule has 0 radical (unpaired) electrons. The van der Waals surface area contributed by atoms with E-state index in [0.29, 0.717) is 30.3 Å². The fourth-order valence-electron chi connectivity index (χ4n) is 3.32. The van der Waals surface area contributed by atoms with Gasteiger partial charge in [-0.2, -0.15) is 0 Å². The van der Waals surface area contributed by atoms with Crippen LogP contribution in [0.25, 0.3) is 0 Å². The van der Waals surface area contributed by atoms with Crippen molar-refractivity contribution >= 4 is 34.8 Å². The average molecular weight is 416 g/mol. The number of carbonyl (C=O) groups is 2. The minimum Gasteiger partial charge on any atom is -0.484 e. The molecule has 6 nitrogen and oxygen atoms in total. The molecule has 1 heterocycles. The van der Waals surface area contributed by atoms with Gasteiger partial charge in [0.1, 0.15) is 5.75 Å². The van der Waals surface area contributed by atoms with Crippen LogP contribution in [-0.4, -0.2) is 49.5 Å². The summed E-state index contributed by atoms with van der Waals surface area (Å²) >= 11 is 6.02. The molecule has 3 rings (SSSR count). The maximum atomic E-state index is 12.4. The summed E-state index contributed by atoms with van der Waals surface area (Å²) in [5.41, 5.74) is 2.59. The van der Waals surface area contributed by atoms with Crippen LogP contribution in [0.4, 0.5) is 11.4 Å². The van der Waals surface area contributed by atoms with Crippen molar-refractivity contribution in [3.05, 3.63) is 53.1 Å². The quantitative estimate of drug-likeness (QED) is 0.781. The van der Waals surface area contributed by atoms with Gasteiger partial charge in [-0.25, -0.2) is 0 Å². The molecule has 2 aromatic rings. The molecule has 1 saturated heterocycles. The number of piperazine rings is 1. The zero-order chi connectivity index (χ0) is 20.8. The molecular formula is C22H26ClN3O3. The maximum Gasteiger partial charge on any atom is 0.262 e. The van der Waals surface area contributed by atoms with E-state index < -0.39 is 0 Å². The maximum absolute atomic E-state index is 12.4. The lowest BCUT2D eigenvalue weighted by atomic mass is 10.2. The van der Waals surface area contributed by atoms with Gasteiger partial charge in [0, 0.05) is 37.6 Å². The largest absolute Gasteiger partial charge is 0.484 e. The number of ether oxygens (including phenoxy) is 1. The molecule has 1 N–H and O–H groups in total. The molecular weight excluding hydrogens is 390 g/mol. The molecule has 2 aromatic carbocycles. The Balaban J connectivity index is 1.59. The predicted octanol–water partition coefficient (Wildman–Crippen LogP) is 3.72. The Labute approximate surface area is 176 Å². The van der Waals surface area contributed by atoms with Crippen molar-refractivity contribution in [3.8, 4) is 5.75 Å². The summed E-state index contributed by atoms with van der Waals surface area (Å²) < 4.78 is 5.59. The Hall–Kier alpha value is -2.73. The molecule has 1 fully saturated rings. The number of anilines is 2. The number of para-hydroxylation sites is 2. The van der Waals surface area contributed by atoms with Crippen molar-refractivity contribution in [1.29, 1.82) is 0 Å². The minimum atomic E-state index is -0.232. The van der Waals surface area contributed by atoms with Gasteiger partial charge < -0.3 is 19.9 Å². The van der Waals surface area contributed by atoms with E-state index in [2.05, 4.69) is 10.2 Å². The molecule has 0 atom stereocenters. The van der Waals surface area contributed by atoms with E-state index in [1.807, 2.05) is 43.0 Å². The topological polar surface area (TPSA) is 61.9 Å². The van der Waals surface area contributed by atoms with E-state index in [1.54, 1.807) is 18.2 Å². The second-order valence-electron chi connectivity index (χ2n) is 6.99. The summed E-state index contributed by atoms with van der Waals surface area (Å²) in [5, 5.41) is 3.60. The fraction of sp³-hybridized carbons (Fsp3) is 0.364. The summed E-state index contributed by atoms with van der Waals surface area (Å²) in [7, 11) is 0. The van der Waals surface area contributed by atoms with E-state index in [4.69, 9.17) is 16.3 Å². The van der Waals surface area contributed by atoms with E-state index in [9.17, 15) is 9.59 Å². The van der Waals surface area contributed by atoms with E-state index in [-0.39, 0.29) is 18.4 Å². The molecule has 7 heteroatoms. The first-order valence-electron chi connectivity index (χ1n) is 9.78. The first kappa shape index (κ1) is 21.0. The molecule has 0 aliphatic carbocycles. The molecule has 0 bridgehead atoms. The normalized spacial score (nSPS) is 13.9. The Morgan fingerprint density at radius 2 is 1.83 bits per heavy atom. The number of rotatable bonds is 6. The van der Waals surface area contributed by atoms with Gasteiger partial charge in [-0.15, -0.1) is 0 Å². The predicted molar refractivity (Wildman–Crippen MR) is 116 cm³/mol. The summed E-state index contributed by atoms with van der Waals surface area (Å²) in [6.07, 6.45) is 0.528. The molecule has 1 aliphatic heterocycles. The van der Waals surface area contributed by atoms with E-state index >= 15 is 0 Å². The SMILES string of the molecule is CCC(=O)N1CCN(c2ccccc2NC(=O)COc2ccc(Cl)c(C)c2)CC1. The van der Waals surface area contributed by atoms with Gasteiger partial charge in [-0.1, -0.05) is 30.7 Å². The molecule has 0 unspecified atom stereocenters. The number of benzene rings is 2. The third kappa shape index (κ3) is 5.41. The number of carbonyl (C=O) groups excluding carboxylic acids is 2. The van der Waals surface area contributed by atoms with Gasteiger partial charge in [-0.05, 0) is 42.8 Å². The molecule has 1 aliphatic rings. The van der Waals surface area contributed by atoms with Crippen LogP contribution in [0.2, 0.25) is 5.02 Å². The highest BCUT2D eigenvalue weighted by Crippen LogP contribution is 2.27. The average Bonchev–Trinajstić information content (AvgIpc) is 2.74. The van der Waals surface area contributed by atoms with Crippen molar-refractivity contribution in [2.45, 2.75) is 20.3 Å². The lowest BCUT2D eigenvalue weighted by Gasteiger charge is -2.36. The van der Waals surface area contributed by atoms with Crippen molar-refractivity contribution in [2.24, 2.45) is 0 Å². The van der Waals surface area contributed by atoms with Gasteiger partial charge in [0.15, 0.2) is 6.61 Å². The van der Waals surface area contributed by atoms with Crippen LogP contribution in [0.1, 0.15) is 18.9 Å². The Kier molecular flexibility index (Phi) is 6.99. The number of nitrogens with one attached hydrogen (secondary N) is 1. The number of hydrogen-bond acceptors (Lipinski definition) is 4. The van der Waals surface area contributed by atoms with Crippen LogP contribution in [-0.2, 0) is 9.59 Å². The summed E-state index contributed by atoms with van der Waals surface area (Å²) in [6.45, 7) is 6.53. The molecule has 154 valence electrons. The standard InChI is InChI=1S/C22H26ClN3O3/c1-3-22(28)26-12-10-25(11-13-26)20-7-5-4-6-19(20)24-21(27)15-29-17-8-9-18(23)16(2)14-17/h4-9,14H,3,10-13,15H2,1-2H3,(H,24,27). The first-order chi connectivity index (χ1) is 14.0. The van der Waals surface area contributed by atoms with Gasteiger partial charge in [0.2, 0.25) is 5.91 Å². The van der Waals surface area contributed by atoms with Gasteiger partial charge >= 0.3 is 0 Å². The van der Waals surface area contributed by atoms with Gasteiger partial charge in [-0.3, -0.25) is 9.59 Å². The van der Waals surface area contributed by atoms with Crippen molar-refractivity contribution in [2.75, 3.05) is 43.0 Å². The third-order valence-electron chi connectivity index (χ3n) is 4.95. The lowest BCUT2D eigenvalue weighted by molar-refractivity contribution is -0.131. The number of halogens is 1. The number of hydrogen-bond donors (Lipinski definition) is 1. The monoisotopic (exact) mass is 415 g/mol. The van der Waals surface area contributed by atoms with Gasteiger partial charge in [0.25, 0.3) is 5.91 Å².